The van der Waals surface area contributed by atoms with Crippen LogP contribution < -0.4 is 4.74 Å². The Bertz CT molecular complexity index is 907. The topological polar surface area (TPSA) is 42.4 Å². The summed E-state index contributed by atoms with van der Waals surface area (Å²) in [5.41, 5.74) is 1.42. The van der Waals surface area contributed by atoms with Crippen LogP contribution in [0.3, 0.4) is 0 Å². The average Bonchev–Trinajstić information content (AvgIpc) is 2.61. The van der Waals surface area contributed by atoms with Crippen LogP contribution in [0.4, 0.5) is 13.2 Å². The van der Waals surface area contributed by atoms with Crippen LogP contribution in [0.1, 0.15) is 5.69 Å². The zero-order valence-electron chi connectivity index (χ0n) is 13.2. The number of hydrogen-bond acceptors (Lipinski definition) is 3. The first-order valence-electron chi connectivity index (χ1n) is 7.40. The molecule has 1 aromatic heterocycles. The third kappa shape index (κ3) is 3.57. The van der Waals surface area contributed by atoms with Crippen molar-refractivity contribution in [2.24, 2.45) is 0 Å². The number of nitrogens with zero attached hydrogens (tertiary/aromatic N) is 1. The van der Waals surface area contributed by atoms with Crippen molar-refractivity contribution in [3.05, 3.63) is 66.4 Å². The molecular formula is C19H14F3NO2. The van der Waals surface area contributed by atoms with E-state index in [2.05, 4.69) is 4.98 Å². The van der Waals surface area contributed by atoms with Crippen molar-refractivity contribution in [3.63, 3.8) is 0 Å². The molecule has 1 heterocycles. The van der Waals surface area contributed by atoms with Gasteiger partial charge in [-0.2, -0.15) is 13.2 Å². The molecule has 0 aliphatic heterocycles. The van der Waals surface area contributed by atoms with Gasteiger partial charge in [-0.1, -0.05) is 30.3 Å². The lowest BCUT2D eigenvalue weighted by Crippen LogP contribution is -2.07. The van der Waals surface area contributed by atoms with Gasteiger partial charge in [-0.25, -0.2) is 4.98 Å². The Morgan fingerprint density at radius 1 is 0.880 bits per heavy atom. The van der Waals surface area contributed by atoms with Crippen molar-refractivity contribution < 1.29 is 23.0 Å². The van der Waals surface area contributed by atoms with E-state index in [1.54, 1.807) is 30.3 Å². The Kier molecular flexibility index (Phi) is 4.35. The predicted octanol–water partition coefficient (Wildman–Crippen LogP) is 5.15. The summed E-state index contributed by atoms with van der Waals surface area (Å²) < 4.78 is 43.6. The first kappa shape index (κ1) is 16.8. The molecule has 0 saturated carbocycles. The van der Waals surface area contributed by atoms with E-state index in [9.17, 15) is 18.3 Å². The van der Waals surface area contributed by atoms with E-state index in [0.717, 1.165) is 17.2 Å². The van der Waals surface area contributed by atoms with Crippen LogP contribution >= 0.6 is 0 Å². The minimum atomic E-state index is -4.49. The maximum atomic E-state index is 12.8. The van der Waals surface area contributed by atoms with Gasteiger partial charge in [0.15, 0.2) is 11.5 Å². The molecule has 0 aliphatic carbocycles. The van der Waals surface area contributed by atoms with Gasteiger partial charge in [-0.05, 0) is 41.5 Å². The average molecular weight is 345 g/mol. The highest BCUT2D eigenvalue weighted by molar-refractivity contribution is 5.73. The lowest BCUT2D eigenvalue weighted by atomic mass is 10.0. The summed E-state index contributed by atoms with van der Waals surface area (Å²) in [5.74, 6) is 0.335. The fourth-order valence-electron chi connectivity index (χ4n) is 2.47. The SMILES string of the molecule is COc1cc(-c2cccc(-c3cccc(C(F)(F)F)n3)c2)ccc1O. The van der Waals surface area contributed by atoms with Crippen LogP contribution in [0.15, 0.2) is 60.7 Å². The number of phenolic OH excluding ortho intramolecular Hbond substituents is 1. The van der Waals surface area contributed by atoms with E-state index in [4.69, 9.17) is 4.74 Å². The van der Waals surface area contributed by atoms with Gasteiger partial charge in [0.25, 0.3) is 0 Å². The molecule has 0 fully saturated rings. The second-order valence-electron chi connectivity index (χ2n) is 5.37. The number of aromatic hydroxyl groups is 1. The summed E-state index contributed by atoms with van der Waals surface area (Å²) >= 11 is 0. The highest BCUT2D eigenvalue weighted by atomic mass is 19.4. The van der Waals surface area contributed by atoms with Crippen LogP contribution in [0.5, 0.6) is 11.5 Å². The van der Waals surface area contributed by atoms with E-state index < -0.39 is 11.9 Å². The summed E-state index contributed by atoms with van der Waals surface area (Å²) in [6, 6.07) is 15.7. The third-order valence-electron chi connectivity index (χ3n) is 3.71. The van der Waals surface area contributed by atoms with Crippen LogP contribution in [0.25, 0.3) is 22.4 Å². The molecule has 3 nitrogen and oxygen atoms in total. The number of methoxy groups -OCH3 is 1. The lowest BCUT2D eigenvalue weighted by Gasteiger charge is -2.10. The highest BCUT2D eigenvalue weighted by Gasteiger charge is 2.32. The number of pyridine rings is 1. The maximum Gasteiger partial charge on any atom is 0.433 e. The lowest BCUT2D eigenvalue weighted by molar-refractivity contribution is -0.141. The number of alkyl halides is 3. The van der Waals surface area contributed by atoms with Gasteiger partial charge in [0.2, 0.25) is 0 Å². The molecule has 1 N–H and O–H groups in total. The first-order valence-corrected chi connectivity index (χ1v) is 7.40. The van der Waals surface area contributed by atoms with E-state index in [0.29, 0.717) is 11.3 Å². The molecule has 128 valence electrons. The molecule has 2 aromatic carbocycles. The number of hydrogen-bond donors (Lipinski definition) is 1. The molecule has 0 bridgehead atoms. The second kappa shape index (κ2) is 6.47. The summed E-state index contributed by atoms with van der Waals surface area (Å²) in [6.07, 6.45) is -4.49. The van der Waals surface area contributed by atoms with Crippen molar-refractivity contribution in [1.82, 2.24) is 4.98 Å². The monoisotopic (exact) mass is 345 g/mol. The molecule has 0 aliphatic rings. The van der Waals surface area contributed by atoms with E-state index in [-0.39, 0.29) is 11.4 Å². The molecule has 3 rings (SSSR count). The highest BCUT2D eigenvalue weighted by Crippen LogP contribution is 2.34. The van der Waals surface area contributed by atoms with Crippen molar-refractivity contribution in [2.75, 3.05) is 7.11 Å². The Balaban J connectivity index is 2.03. The standard InChI is InChI=1S/C19H14F3NO2/c1-25-17-11-13(8-9-16(17)24)12-4-2-5-14(10-12)15-6-3-7-18(23-15)19(20,21)22/h2-11,24H,1H3. The zero-order chi connectivity index (χ0) is 18.0. The molecule has 0 amide bonds. The molecule has 0 atom stereocenters. The molecule has 0 saturated heterocycles. The second-order valence-corrected chi connectivity index (χ2v) is 5.37. The normalized spacial score (nSPS) is 11.4. The van der Waals surface area contributed by atoms with Crippen molar-refractivity contribution in [1.29, 1.82) is 0 Å². The Labute approximate surface area is 142 Å². The molecular weight excluding hydrogens is 331 g/mol. The van der Waals surface area contributed by atoms with Crippen molar-refractivity contribution >= 4 is 0 Å². The minimum Gasteiger partial charge on any atom is -0.504 e. The van der Waals surface area contributed by atoms with Crippen molar-refractivity contribution in [2.45, 2.75) is 6.18 Å². The number of rotatable bonds is 3. The summed E-state index contributed by atoms with van der Waals surface area (Å²) in [6.45, 7) is 0. The quantitative estimate of drug-likeness (QED) is 0.714. The van der Waals surface area contributed by atoms with Crippen molar-refractivity contribution in [3.8, 4) is 33.9 Å². The molecule has 0 spiro atoms. The maximum absolute atomic E-state index is 12.8. The molecule has 3 aromatic rings. The zero-order valence-corrected chi connectivity index (χ0v) is 13.2. The van der Waals surface area contributed by atoms with Gasteiger partial charge in [0, 0.05) is 5.56 Å². The van der Waals surface area contributed by atoms with Gasteiger partial charge in [-0.15, -0.1) is 0 Å². The number of aromatic nitrogens is 1. The molecule has 25 heavy (non-hydrogen) atoms. The minimum absolute atomic E-state index is 0.0157. The first-order chi connectivity index (χ1) is 11.9. The van der Waals surface area contributed by atoms with Gasteiger partial charge in [0.05, 0.1) is 12.8 Å². The number of benzene rings is 2. The number of halogens is 3. The number of phenols is 1. The van der Waals surface area contributed by atoms with Crippen LogP contribution in [0, 0.1) is 0 Å². The Hall–Kier alpha value is -3.02. The summed E-state index contributed by atoms with van der Waals surface area (Å²) in [4.78, 5) is 3.71. The van der Waals surface area contributed by atoms with E-state index in [1.165, 1.54) is 25.3 Å². The van der Waals surface area contributed by atoms with E-state index in [1.807, 2.05) is 6.07 Å². The van der Waals surface area contributed by atoms with Crippen LogP contribution in [-0.4, -0.2) is 17.2 Å². The van der Waals surface area contributed by atoms with E-state index >= 15 is 0 Å². The third-order valence-corrected chi connectivity index (χ3v) is 3.71. The Morgan fingerprint density at radius 2 is 1.56 bits per heavy atom. The van der Waals surface area contributed by atoms with Gasteiger partial charge < -0.3 is 9.84 Å². The van der Waals surface area contributed by atoms with Gasteiger partial charge in [-0.3, -0.25) is 0 Å². The number of ether oxygens (including phenoxy) is 1. The largest absolute Gasteiger partial charge is 0.504 e. The van der Waals surface area contributed by atoms with Gasteiger partial charge >= 0.3 is 6.18 Å². The van der Waals surface area contributed by atoms with Crippen LogP contribution in [-0.2, 0) is 6.18 Å². The summed E-state index contributed by atoms with van der Waals surface area (Å²) in [5, 5.41) is 9.68. The fraction of sp³-hybridized carbons (Fsp3) is 0.105. The van der Waals surface area contributed by atoms with Gasteiger partial charge in [0.1, 0.15) is 5.69 Å². The smallest absolute Gasteiger partial charge is 0.433 e. The predicted molar refractivity (Wildman–Crippen MR) is 88.3 cm³/mol. The molecule has 0 radical (unpaired) electrons. The molecule has 0 unspecified atom stereocenters. The molecule has 6 heteroatoms. The van der Waals surface area contributed by atoms with Crippen LogP contribution in [0.2, 0.25) is 0 Å². The Morgan fingerprint density at radius 3 is 2.28 bits per heavy atom. The summed E-state index contributed by atoms with van der Waals surface area (Å²) in [7, 11) is 1.45. The fourth-order valence-corrected chi connectivity index (χ4v) is 2.47.